The maximum absolute atomic E-state index is 12.0. The summed E-state index contributed by atoms with van der Waals surface area (Å²) in [6, 6.07) is 12.2. The third-order valence-corrected chi connectivity index (χ3v) is 5.64. The van der Waals surface area contributed by atoms with Crippen molar-refractivity contribution in [3.8, 4) is 17.2 Å². The van der Waals surface area contributed by atoms with Crippen molar-refractivity contribution < 1.29 is 27.4 Å². The number of amides is 1. The van der Waals surface area contributed by atoms with E-state index in [4.69, 9.17) is 14.2 Å². The van der Waals surface area contributed by atoms with E-state index in [0.29, 0.717) is 42.4 Å². The van der Waals surface area contributed by atoms with Crippen molar-refractivity contribution in [3.63, 3.8) is 0 Å². The number of hydrogen-bond donors (Lipinski definition) is 1. The summed E-state index contributed by atoms with van der Waals surface area (Å²) in [7, 11) is -0.177. The van der Waals surface area contributed by atoms with Gasteiger partial charge in [0.05, 0.1) is 26.2 Å². The third-order valence-electron chi connectivity index (χ3n) is 4.37. The molecule has 1 amide bonds. The smallest absolute Gasteiger partial charge is 0.257 e. The molecule has 30 heavy (non-hydrogen) atoms. The average Bonchev–Trinajstić information content (AvgIpc) is 2.72. The van der Waals surface area contributed by atoms with Crippen LogP contribution in [0.25, 0.3) is 0 Å². The minimum atomic E-state index is -3.33. The molecule has 0 heterocycles. The summed E-state index contributed by atoms with van der Waals surface area (Å²) in [6.07, 6.45) is 1.80. The second kappa shape index (κ2) is 10.7. The van der Waals surface area contributed by atoms with Crippen molar-refractivity contribution in [1.82, 2.24) is 5.32 Å². The van der Waals surface area contributed by atoms with Gasteiger partial charge in [-0.15, -0.1) is 0 Å². The molecule has 0 fully saturated rings. The van der Waals surface area contributed by atoms with Gasteiger partial charge in [-0.25, -0.2) is 8.42 Å². The van der Waals surface area contributed by atoms with E-state index in [2.05, 4.69) is 5.32 Å². The van der Waals surface area contributed by atoms with Crippen LogP contribution in [0, 0.1) is 0 Å². The standard InChI is InChI=1S/C21H28N2O6S/c1-5-23(30(4,25)26)17-7-9-18(10-8-17)29-15-21(24)22-13-12-16-6-11-19(27-2)20(14-16)28-3/h6-11,14H,5,12-13,15H2,1-4H3,(H,22,24). The number of anilines is 1. The summed E-state index contributed by atoms with van der Waals surface area (Å²) >= 11 is 0. The summed E-state index contributed by atoms with van der Waals surface area (Å²) < 4.78 is 40.8. The lowest BCUT2D eigenvalue weighted by Crippen LogP contribution is -2.30. The van der Waals surface area contributed by atoms with Crippen LogP contribution in [0.15, 0.2) is 42.5 Å². The van der Waals surface area contributed by atoms with Gasteiger partial charge in [-0.05, 0) is 55.3 Å². The maximum Gasteiger partial charge on any atom is 0.257 e. The molecule has 0 atom stereocenters. The van der Waals surface area contributed by atoms with Gasteiger partial charge in [0, 0.05) is 13.1 Å². The largest absolute Gasteiger partial charge is 0.493 e. The Labute approximate surface area is 177 Å². The zero-order valence-corrected chi connectivity index (χ0v) is 18.5. The van der Waals surface area contributed by atoms with Gasteiger partial charge in [0.25, 0.3) is 5.91 Å². The highest BCUT2D eigenvalue weighted by Gasteiger charge is 2.15. The first-order valence-corrected chi connectivity index (χ1v) is 11.3. The van der Waals surface area contributed by atoms with Crippen LogP contribution in [0.3, 0.4) is 0 Å². The molecule has 2 aromatic carbocycles. The van der Waals surface area contributed by atoms with Crippen LogP contribution < -0.4 is 23.8 Å². The quantitative estimate of drug-likeness (QED) is 0.581. The number of benzene rings is 2. The van der Waals surface area contributed by atoms with Crippen molar-refractivity contribution in [2.45, 2.75) is 13.3 Å². The number of nitrogens with one attached hydrogen (secondary N) is 1. The highest BCUT2D eigenvalue weighted by molar-refractivity contribution is 7.92. The number of nitrogens with zero attached hydrogens (tertiary/aromatic N) is 1. The monoisotopic (exact) mass is 436 g/mol. The Morgan fingerprint density at radius 3 is 2.27 bits per heavy atom. The fourth-order valence-electron chi connectivity index (χ4n) is 2.90. The molecule has 164 valence electrons. The van der Waals surface area contributed by atoms with Crippen LogP contribution in [-0.4, -0.2) is 54.5 Å². The second-order valence-corrected chi connectivity index (χ2v) is 8.41. The molecule has 0 spiro atoms. The van der Waals surface area contributed by atoms with Crippen LogP contribution in [0.2, 0.25) is 0 Å². The van der Waals surface area contributed by atoms with Gasteiger partial charge in [-0.1, -0.05) is 6.07 Å². The number of ether oxygens (including phenoxy) is 3. The number of sulfonamides is 1. The van der Waals surface area contributed by atoms with E-state index in [1.165, 1.54) is 4.31 Å². The maximum atomic E-state index is 12.0. The van der Waals surface area contributed by atoms with E-state index >= 15 is 0 Å². The molecule has 0 unspecified atom stereocenters. The Kier molecular flexibility index (Phi) is 8.35. The SMILES string of the molecule is CCN(c1ccc(OCC(=O)NCCc2ccc(OC)c(OC)c2)cc1)S(C)(=O)=O. The highest BCUT2D eigenvalue weighted by Crippen LogP contribution is 2.27. The minimum absolute atomic E-state index is 0.130. The summed E-state index contributed by atoms with van der Waals surface area (Å²) in [6.45, 7) is 2.42. The molecule has 0 saturated heterocycles. The molecule has 0 aliphatic carbocycles. The van der Waals surface area contributed by atoms with Gasteiger partial charge in [-0.3, -0.25) is 9.10 Å². The summed E-state index contributed by atoms with van der Waals surface area (Å²) in [5.74, 6) is 1.54. The topological polar surface area (TPSA) is 94.2 Å². The predicted molar refractivity (Wildman–Crippen MR) is 116 cm³/mol. The fraction of sp³-hybridized carbons (Fsp3) is 0.381. The Bertz CT molecular complexity index is 944. The van der Waals surface area contributed by atoms with Crippen molar-refractivity contribution in [3.05, 3.63) is 48.0 Å². The van der Waals surface area contributed by atoms with Gasteiger partial charge >= 0.3 is 0 Å². The van der Waals surface area contributed by atoms with E-state index in [0.717, 1.165) is 11.8 Å². The number of carbonyl (C=O) groups is 1. The average molecular weight is 437 g/mol. The zero-order valence-electron chi connectivity index (χ0n) is 17.7. The highest BCUT2D eigenvalue weighted by atomic mass is 32.2. The van der Waals surface area contributed by atoms with Gasteiger partial charge in [-0.2, -0.15) is 0 Å². The summed E-state index contributed by atoms with van der Waals surface area (Å²) in [4.78, 5) is 12.0. The van der Waals surface area contributed by atoms with Crippen LogP contribution in [0.1, 0.15) is 12.5 Å². The van der Waals surface area contributed by atoms with Gasteiger partial charge in [0.1, 0.15) is 5.75 Å². The van der Waals surface area contributed by atoms with E-state index in [1.54, 1.807) is 45.4 Å². The van der Waals surface area contributed by atoms with Gasteiger partial charge < -0.3 is 19.5 Å². The van der Waals surface area contributed by atoms with Crippen LogP contribution >= 0.6 is 0 Å². The Hall–Kier alpha value is -2.94. The first kappa shape index (κ1) is 23.3. The molecule has 0 radical (unpaired) electrons. The van der Waals surface area contributed by atoms with Crippen molar-refractivity contribution in [2.24, 2.45) is 0 Å². The lowest BCUT2D eigenvalue weighted by molar-refractivity contribution is -0.123. The first-order chi connectivity index (χ1) is 14.3. The number of methoxy groups -OCH3 is 2. The minimum Gasteiger partial charge on any atom is -0.493 e. The fourth-order valence-corrected chi connectivity index (χ4v) is 3.87. The molecule has 0 aromatic heterocycles. The Morgan fingerprint density at radius 2 is 1.70 bits per heavy atom. The normalized spacial score (nSPS) is 10.9. The molecule has 8 nitrogen and oxygen atoms in total. The molecule has 0 aliphatic heterocycles. The van der Waals surface area contributed by atoms with Crippen LogP contribution in [-0.2, 0) is 21.2 Å². The van der Waals surface area contributed by atoms with Crippen molar-refractivity contribution in [2.75, 3.05) is 44.5 Å². The number of hydrogen-bond acceptors (Lipinski definition) is 6. The van der Waals surface area contributed by atoms with Gasteiger partial charge in [0.2, 0.25) is 10.0 Å². The number of rotatable bonds is 11. The molecule has 1 N–H and O–H groups in total. The molecular weight excluding hydrogens is 408 g/mol. The molecule has 2 rings (SSSR count). The second-order valence-electron chi connectivity index (χ2n) is 6.50. The van der Waals surface area contributed by atoms with Crippen molar-refractivity contribution in [1.29, 1.82) is 0 Å². The lowest BCUT2D eigenvalue weighted by Gasteiger charge is -2.20. The summed E-state index contributed by atoms with van der Waals surface area (Å²) in [5, 5.41) is 2.80. The summed E-state index contributed by atoms with van der Waals surface area (Å²) in [5.41, 5.74) is 1.56. The van der Waals surface area contributed by atoms with Crippen LogP contribution in [0.4, 0.5) is 5.69 Å². The third kappa shape index (κ3) is 6.55. The van der Waals surface area contributed by atoms with Gasteiger partial charge in [0.15, 0.2) is 18.1 Å². The lowest BCUT2D eigenvalue weighted by atomic mass is 10.1. The van der Waals surface area contributed by atoms with E-state index in [-0.39, 0.29) is 12.5 Å². The Balaban J connectivity index is 1.81. The molecule has 9 heteroatoms. The molecule has 0 aliphatic rings. The molecule has 0 saturated carbocycles. The van der Waals surface area contributed by atoms with Crippen molar-refractivity contribution >= 4 is 21.6 Å². The van der Waals surface area contributed by atoms with E-state index in [9.17, 15) is 13.2 Å². The van der Waals surface area contributed by atoms with E-state index < -0.39 is 10.0 Å². The van der Waals surface area contributed by atoms with Crippen LogP contribution in [0.5, 0.6) is 17.2 Å². The molecule has 0 bridgehead atoms. The molecular formula is C21H28N2O6S. The molecule has 2 aromatic rings. The predicted octanol–water partition coefficient (Wildman–Crippen LogP) is 2.23. The number of carbonyl (C=O) groups excluding carboxylic acids is 1. The zero-order chi connectivity index (χ0) is 22.1. The Morgan fingerprint density at radius 1 is 1.03 bits per heavy atom. The first-order valence-electron chi connectivity index (χ1n) is 9.46. The van der Waals surface area contributed by atoms with E-state index in [1.807, 2.05) is 18.2 Å².